The van der Waals surface area contributed by atoms with Crippen molar-refractivity contribution in [3.8, 4) is 17.2 Å². The summed E-state index contributed by atoms with van der Waals surface area (Å²) < 4.78 is 91.4. The van der Waals surface area contributed by atoms with E-state index in [-0.39, 0.29) is 34.1 Å². The molecule has 0 fully saturated rings. The number of phenolic OH excluding ortho intramolecular Hbond substituents is 3. The van der Waals surface area contributed by atoms with Crippen LogP contribution in [0, 0.1) is 6.92 Å². The van der Waals surface area contributed by atoms with E-state index in [0.717, 1.165) is 36.4 Å². The molecular formula is C30H28ClF3N2O9S2. The van der Waals surface area contributed by atoms with Gasteiger partial charge in [0.05, 0.1) is 20.4 Å². The van der Waals surface area contributed by atoms with E-state index in [2.05, 4.69) is 9.44 Å². The number of hydrogen-bond donors (Lipinski definition) is 6. The quantitative estimate of drug-likeness (QED) is 0.124. The van der Waals surface area contributed by atoms with Crippen LogP contribution in [0.4, 0.5) is 13.2 Å². The Morgan fingerprint density at radius 2 is 1.38 bits per heavy atom. The molecule has 0 amide bonds. The molecule has 0 saturated carbocycles. The van der Waals surface area contributed by atoms with Gasteiger partial charge in [0.1, 0.15) is 11.8 Å². The first-order valence-electron chi connectivity index (χ1n) is 13.3. The number of halogens is 4. The maximum absolute atomic E-state index is 12.8. The van der Waals surface area contributed by atoms with E-state index in [1.807, 2.05) is 0 Å². The Kier molecular flexibility index (Phi) is 11.9. The molecule has 11 nitrogen and oxygen atoms in total. The van der Waals surface area contributed by atoms with E-state index < -0.39 is 60.3 Å². The van der Waals surface area contributed by atoms with Crippen molar-refractivity contribution >= 4 is 37.6 Å². The third-order valence-corrected chi connectivity index (χ3v) is 9.63. The number of hydrogen-bond acceptors (Lipinski definition) is 8. The largest absolute Gasteiger partial charge is 0.508 e. The molecule has 0 aliphatic heterocycles. The highest BCUT2D eigenvalue weighted by Crippen LogP contribution is 2.35. The molecule has 4 rings (SSSR count). The van der Waals surface area contributed by atoms with E-state index in [9.17, 15) is 55.2 Å². The molecule has 0 unspecified atom stereocenters. The van der Waals surface area contributed by atoms with Crippen LogP contribution in [0.1, 0.15) is 22.3 Å². The molecule has 6 N–H and O–H groups in total. The summed E-state index contributed by atoms with van der Waals surface area (Å²) in [6.07, 6.45) is -4.66. The molecule has 0 heterocycles. The zero-order valence-corrected chi connectivity index (χ0v) is 26.6. The number of carboxylic acid groups (broad SMARTS) is 1. The van der Waals surface area contributed by atoms with Gasteiger partial charge in [0.15, 0.2) is 11.5 Å². The summed E-state index contributed by atoms with van der Waals surface area (Å²) in [5.74, 6) is -2.59. The van der Waals surface area contributed by atoms with Crippen LogP contribution in [0.15, 0.2) is 94.7 Å². The van der Waals surface area contributed by atoms with Gasteiger partial charge in [-0.1, -0.05) is 54.1 Å². The van der Waals surface area contributed by atoms with Gasteiger partial charge in [-0.05, 0) is 60.4 Å². The molecule has 1 atom stereocenters. The standard InChI is InChI=1S/C15H13ClF3NO3S.C15H15NO6S/c1-9-2-4-11(7-14(9)21)24(22,23)20-8-10-3-5-13(16)12(6-10)15(17,18)19;17-13-7-6-11(9-14(13)18)23(21,22)16-12(15(19)20)8-10-4-2-1-3-5-10/h2-7,20-21H,8H2,1H3;1-7,9,12,16-18H,8H2,(H,19,20)/t;12-/m.1/s1. The molecule has 47 heavy (non-hydrogen) atoms. The average molecular weight is 717 g/mol. The molecule has 17 heteroatoms. The minimum absolute atomic E-state index is 0.0283. The van der Waals surface area contributed by atoms with Gasteiger partial charge in [-0.3, -0.25) is 4.79 Å². The van der Waals surface area contributed by atoms with Crippen molar-refractivity contribution in [2.45, 2.75) is 41.9 Å². The fourth-order valence-corrected chi connectivity index (χ4v) is 6.34. The van der Waals surface area contributed by atoms with Crippen LogP contribution in [0.3, 0.4) is 0 Å². The number of aryl methyl sites for hydroxylation is 1. The van der Waals surface area contributed by atoms with Crippen molar-refractivity contribution in [3.05, 3.63) is 112 Å². The molecule has 0 saturated heterocycles. The van der Waals surface area contributed by atoms with E-state index in [0.29, 0.717) is 11.1 Å². The molecule has 4 aromatic carbocycles. The Labute approximate surface area is 273 Å². The fourth-order valence-electron chi connectivity index (χ4n) is 3.87. The highest BCUT2D eigenvalue weighted by molar-refractivity contribution is 7.89. The highest BCUT2D eigenvalue weighted by atomic mass is 35.5. The van der Waals surface area contributed by atoms with Gasteiger partial charge >= 0.3 is 12.1 Å². The lowest BCUT2D eigenvalue weighted by atomic mass is 10.1. The summed E-state index contributed by atoms with van der Waals surface area (Å²) in [5, 5.41) is 36.9. The molecular weight excluding hydrogens is 689 g/mol. The molecule has 0 aromatic heterocycles. The Morgan fingerprint density at radius 3 is 1.96 bits per heavy atom. The normalized spacial score (nSPS) is 12.5. The lowest BCUT2D eigenvalue weighted by Gasteiger charge is -2.15. The zero-order chi connectivity index (χ0) is 35.2. The molecule has 252 valence electrons. The van der Waals surface area contributed by atoms with Gasteiger partial charge in [0, 0.05) is 18.7 Å². The molecule has 0 aliphatic carbocycles. The van der Waals surface area contributed by atoms with Crippen LogP contribution in [0.5, 0.6) is 17.2 Å². The Hall–Kier alpha value is -4.35. The predicted octanol–water partition coefficient (Wildman–Crippen LogP) is 4.92. The highest BCUT2D eigenvalue weighted by Gasteiger charge is 2.33. The first kappa shape index (κ1) is 37.1. The first-order valence-corrected chi connectivity index (χ1v) is 16.6. The third kappa shape index (κ3) is 10.3. The van der Waals surface area contributed by atoms with Crippen molar-refractivity contribution in [1.29, 1.82) is 0 Å². The molecule has 0 aliphatic rings. The smallest absolute Gasteiger partial charge is 0.417 e. The van der Waals surface area contributed by atoms with Crippen molar-refractivity contribution in [2.75, 3.05) is 0 Å². The van der Waals surface area contributed by atoms with Gasteiger partial charge in [-0.25, -0.2) is 21.6 Å². The molecule has 0 radical (unpaired) electrons. The van der Waals surface area contributed by atoms with E-state index in [1.54, 1.807) is 37.3 Å². The summed E-state index contributed by atoms with van der Waals surface area (Å²) in [5.41, 5.74) is 0.234. The first-order chi connectivity index (χ1) is 21.8. The van der Waals surface area contributed by atoms with Crippen molar-refractivity contribution < 1.29 is 55.2 Å². The van der Waals surface area contributed by atoms with Gasteiger partial charge < -0.3 is 20.4 Å². The maximum atomic E-state index is 12.8. The van der Waals surface area contributed by atoms with Crippen molar-refractivity contribution in [2.24, 2.45) is 0 Å². The van der Waals surface area contributed by atoms with E-state index in [4.69, 9.17) is 11.6 Å². The lowest BCUT2D eigenvalue weighted by Crippen LogP contribution is -2.42. The number of rotatable bonds is 10. The van der Waals surface area contributed by atoms with Gasteiger partial charge in [-0.2, -0.15) is 17.9 Å². The average Bonchev–Trinajstić information content (AvgIpc) is 2.99. The summed E-state index contributed by atoms with van der Waals surface area (Å²) >= 11 is 5.51. The van der Waals surface area contributed by atoms with Gasteiger partial charge in [0.2, 0.25) is 20.0 Å². The third-order valence-electron chi connectivity index (χ3n) is 6.43. The number of carbonyl (C=O) groups is 1. The molecule has 0 bridgehead atoms. The number of aromatic hydroxyl groups is 3. The van der Waals surface area contributed by atoms with E-state index in [1.165, 1.54) is 18.2 Å². The molecule has 4 aromatic rings. The van der Waals surface area contributed by atoms with Crippen LogP contribution in [-0.4, -0.2) is 49.3 Å². The van der Waals surface area contributed by atoms with Gasteiger partial charge in [0.25, 0.3) is 0 Å². The number of phenols is 3. The minimum atomic E-state index is -4.63. The second-order valence-electron chi connectivity index (χ2n) is 9.94. The Morgan fingerprint density at radius 1 is 0.787 bits per heavy atom. The summed E-state index contributed by atoms with van der Waals surface area (Å²) in [6, 6.07) is 17.1. The second kappa shape index (κ2) is 15.0. The SMILES string of the molecule is Cc1ccc(S(=O)(=O)NCc2ccc(Cl)c(C(F)(F)F)c2)cc1O.O=C(O)[C@@H](Cc1ccccc1)NS(=O)(=O)c1ccc(O)c(O)c1. The van der Waals surface area contributed by atoms with Crippen LogP contribution in [0.2, 0.25) is 5.02 Å². The van der Waals surface area contributed by atoms with Crippen LogP contribution >= 0.6 is 11.6 Å². The fraction of sp³-hybridized carbons (Fsp3) is 0.167. The van der Waals surface area contributed by atoms with Crippen molar-refractivity contribution in [3.63, 3.8) is 0 Å². The summed E-state index contributed by atoms with van der Waals surface area (Å²) in [7, 11) is -8.15. The Balaban J connectivity index is 0.000000256. The minimum Gasteiger partial charge on any atom is -0.508 e. The molecule has 0 spiro atoms. The number of alkyl halides is 3. The lowest BCUT2D eigenvalue weighted by molar-refractivity contribution is -0.139. The number of carboxylic acids is 1. The van der Waals surface area contributed by atoms with E-state index >= 15 is 0 Å². The number of nitrogens with one attached hydrogen (secondary N) is 2. The van der Waals surface area contributed by atoms with Gasteiger partial charge in [-0.15, -0.1) is 0 Å². The monoisotopic (exact) mass is 716 g/mol. The zero-order valence-electron chi connectivity index (χ0n) is 24.2. The summed E-state index contributed by atoms with van der Waals surface area (Å²) in [4.78, 5) is 10.8. The Bertz CT molecular complexity index is 1960. The van der Waals surface area contributed by atoms with Crippen LogP contribution in [-0.2, 0) is 44.0 Å². The topological polar surface area (TPSA) is 190 Å². The number of aliphatic carboxylic acids is 1. The number of sulfonamides is 2. The second-order valence-corrected chi connectivity index (χ2v) is 13.8. The summed E-state index contributed by atoms with van der Waals surface area (Å²) in [6.45, 7) is 1.25. The maximum Gasteiger partial charge on any atom is 0.417 e. The van der Waals surface area contributed by atoms with Crippen LogP contribution in [0.25, 0.3) is 0 Å². The predicted molar refractivity (Wildman–Crippen MR) is 165 cm³/mol. The van der Waals surface area contributed by atoms with Crippen molar-refractivity contribution in [1.82, 2.24) is 9.44 Å². The van der Waals surface area contributed by atoms with Crippen LogP contribution < -0.4 is 9.44 Å². The number of benzene rings is 4.